The van der Waals surface area contributed by atoms with Crippen LogP contribution in [-0.4, -0.2) is 64.8 Å². The third-order valence-electron chi connectivity index (χ3n) is 6.00. The highest BCUT2D eigenvalue weighted by Gasteiger charge is 2.42. The van der Waals surface area contributed by atoms with E-state index in [0.29, 0.717) is 5.41 Å². The third kappa shape index (κ3) is 5.33. The Kier molecular flexibility index (Phi) is 6.42. The van der Waals surface area contributed by atoms with Crippen molar-refractivity contribution in [2.45, 2.75) is 44.7 Å². The summed E-state index contributed by atoms with van der Waals surface area (Å²) in [6, 6.07) is 1.90. The van der Waals surface area contributed by atoms with Gasteiger partial charge in [0.05, 0.1) is 0 Å². The Morgan fingerprint density at radius 1 is 1.14 bits per heavy atom. The highest BCUT2D eigenvalue weighted by Crippen LogP contribution is 2.40. The standard InChI is InChI=1S/C17H26N4.C2HF3O2/c1-4-15(5-1)12-20-11-7-17(13-20)6-2-10-21(14-17)16-18-8-3-9-19-16;3-2(4,5)1(6)7/h3,8-9,15H,1-2,4-7,10-14H2;(H,6,7). The highest BCUT2D eigenvalue weighted by molar-refractivity contribution is 5.73. The molecule has 28 heavy (non-hydrogen) atoms. The van der Waals surface area contributed by atoms with E-state index < -0.39 is 12.1 Å². The topological polar surface area (TPSA) is 69.6 Å². The van der Waals surface area contributed by atoms with E-state index in [1.54, 1.807) is 0 Å². The zero-order valence-corrected chi connectivity index (χ0v) is 15.9. The molecule has 2 aliphatic heterocycles. The summed E-state index contributed by atoms with van der Waals surface area (Å²) in [4.78, 5) is 22.9. The summed E-state index contributed by atoms with van der Waals surface area (Å²) >= 11 is 0. The van der Waals surface area contributed by atoms with Gasteiger partial charge < -0.3 is 14.9 Å². The van der Waals surface area contributed by atoms with Crippen molar-refractivity contribution in [3.05, 3.63) is 18.5 Å². The van der Waals surface area contributed by atoms with Gasteiger partial charge in [0.1, 0.15) is 0 Å². The fourth-order valence-electron chi connectivity index (χ4n) is 4.39. The van der Waals surface area contributed by atoms with Crippen LogP contribution < -0.4 is 4.90 Å². The average Bonchev–Trinajstić information content (AvgIpc) is 3.01. The molecule has 1 aromatic rings. The molecule has 1 N–H and O–H groups in total. The predicted molar refractivity (Wildman–Crippen MR) is 98.0 cm³/mol. The van der Waals surface area contributed by atoms with Crippen molar-refractivity contribution < 1.29 is 23.1 Å². The summed E-state index contributed by atoms with van der Waals surface area (Å²) in [5.74, 6) is -0.834. The number of piperidine rings is 1. The maximum absolute atomic E-state index is 10.6. The van der Waals surface area contributed by atoms with E-state index in [1.807, 2.05) is 18.5 Å². The van der Waals surface area contributed by atoms with Crippen molar-refractivity contribution >= 4 is 11.9 Å². The lowest BCUT2D eigenvalue weighted by atomic mass is 9.79. The summed E-state index contributed by atoms with van der Waals surface area (Å²) in [6.07, 6.45) is 7.07. The number of carboxylic acid groups (broad SMARTS) is 1. The third-order valence-corrected chi connectivity index (χ3v) is 6.00. The van der Waals surface area contributed by atoms with Crippen molar-refractivity contribution in [1.82, 2.24) is 14.9 Å². The van der Waals surface area contributed by atoms with Gasteiger partial charge in [-0.25, -0.2) is 14.8 Å². The second-order valence-electron chi connectivity index (χ2n) is 8.16. The summed E-state index contributed by atoms with van der Waals surface area (Å²) in [5, 5.41) is 7.12. The van der Waals surface area contributed by atoms with Crippen molar-refractivity contribution in [2.75, 3.05) is 37.6 Å². The van der Waals surface area contributed by atoms with Crippen molar-refractivity contribution in [1.29, 1.82) is 0 Å². The molecule has 6 nitrogen and oxygen atoms in total. The molecule has 0 amide bonds. The van der Waals surface area contributed by atoms with Crippen molar-refractivity contribution in [3.63, 3.8) is 0 Å². The smallest absolute Gasteiger partial charge is 0.475 e. The van der Waals surface area contributed by atoms with Crippen LogP contribution in [-0.2, 0) is 4.79 Å². The molecule has 1 saturated carbocycles. The van der Waals surface area contributed by atoms with Gasteiger partial charge in [-0.2, -0.15) is 13.2 Å². The molecule has 1 aromatic heterocycles. The number of aliphatic carboxylic acids is 1. The predicted octanol–water partition coefficient (Wildman–Crippen LogP) is 3.20. The lowest BCUT2D eigenvalue weighted by Crippen LogP contribution is -2.46. The molecule has 1 aliphatic carbocycles. The molecule has 0 aromatic carbocycles. The van der Waals surface area contributed by atoms with E-state index in [0.717, 1.165) is 25.0 Å². The minimum absolute atomic E-state index is 0.501. The molecule has 1 unspecified atom stereocenters. The quantitative estimate of drug-likeness (QED) is 0.840. The van der Waals surface area contributed by atoms with Crippen LogP contribution in [0, 0.1) is 11.3 Å². The van der Waals surface area contributed by atoms with E-state index >= 15 is 0 Å². The Hall–Kier alpha value is -1.90. The molecular weight excluding hydrogens is 373 g/mol. The maximum atomic E-state index is 10.6. The number of carbonyl (C=O) groups is 1. The zero-order chi connectivity index (χ0) is 20.2. The molecule has 156 valence electrons. The van der Waals surface area contributed by atoms with Gasteiger partial charge in [-0.3, -0.25) is 0 Å². The number of anilines is 1. The zero-order valence-electron chi connectivity index (χ0n) is 15.9. The molecule has 3 heterocycles. The number of alkyl halides is 3. The van der Waals surface area contributed by atoms with Crippen LogP contribution in [0.3, 0.4) is 0 Å². The lowest BCUT2D eigenvalue weighted by molar-refractivity contribution is -0.192. The number of nitrogens with zero attached hydrogens (tertiary/aromatic N) is 4. The van der Waals surface area contributed by atoms with Gasteiger partial charge in [-0.05, 0) is 50.6 Å². The van der Waals surface area contributed by atoms with E-state index in [9.17, 15) is 13.2 Å². The number of rotatable bonds is 3. The van der Waals surface area contributed by atoms with Gasteiger partial charge in [0.15, 0.2) is 0 Å². The van der Waals surface area contributed by atoms with E-state index in [4.69, 9.17) is 9.90 Å². The Balaban J connectivity index is 0.000000279. The van der Waals surface area contributed by atoms with Gasteiger partial charge in [-0.15, -0.1) is 0 Å². The molecule has 3 aliphatic rings. The SMILES string of the molecule is O=C(O)C(F)(F)F.c1cnc(N2CCCC3(CCN(CC4CCC4)C3)C2)nc1. The highest BCUT2D eigenvalue weighted by atomic mass is 19.4. The average molecular weight is 400 g/mol. The van der Waals surface area contributed by atoms with E-state index in [1.165, 1.54) is 58.2 Å². The van der Waals surface area contributed by atoms with Gasteiger partial charge in [0.2, 0.25) is 5.95 Å². The van der Waals surface area contributed by atoms with Crippen LogP contribution in [0.25, 0.3) is 0 Å². The molecule has 2 saturated heterocycles. The summed E-state index contributed by atoms with van der Waals surface area (Å²) < 4.78 is 31.7. The lowest BCUT2D eigenvalue weighted by Gasteiger charge is -2.41. The second-order valence-corrected chi connectivity index (χ2v) is 8.16. The number of carboxylic acids is 1. The van der Waals surface area contributed by atoms with Gasteiger partial charge in [0, 0.05) is 44.0 Å². The van der Waals surface area contributed by atoms with Crippen molar-refractivity contribution in [3.8, 4) is 0 Å². The summed E-state index contributed by atoms with van der Waals surface area (Å²) in [7, 11) is 0. The van der Waals surface area contributed by atoms with Crippen LogP contribution in [0.1, 0.15) is 38.5 Å². The first kappa shape index (κ1) is 20.8. The number of aromatic nitrogens is 2. The van der Waals surface area contributed by atoms with Crippen LogP contribution in [0.5, 0.6) is 0 Å². The first-order valence-corrected chi connectivity index (χ1v) is 9.82. The number of likely N-dealkylation sites (tertiary alicyclic amines) is 1. The maximum Gasteiger partial charge on any atom is 0.490 e. The molecular formula is C19H27F3N4O2. The minimum atomic E-state index is -5.08. The fourth-order valence-corrected chi connectivity index (χ4v) is 4.39. The van der Waals surface area contributed by atoms with Crippen LogP contribution >= 0.6 is 0 Å². The second kappa shape index (κ2) is 8.63. The summed E-state index contributed by atoms with van der Waals surface area (Å²) in [6.45, 7) is 6.23. The fraction of sp³-hybridized carbons (Fsp3) is 0.737. The number of halogens is 3. The summed E-state index contributed by atoms with van der Waals surface area (Å²) in [5.41, 5.74) is 0.501. The number of hydrogen-bond donors (Lipinski definition) is 1. The van der Waals surface area contributed by atoms with E-state index in [2.05, 4.69) is 19.8 Å². The minimum Gasteiger partial charge on any atom is -0.475 e. The van der Waals surface area contributed by atoms with Gasteiger partial charge in [-0.1, -0.05) is 6.42 Å². The van der Waals surface area contributed by atoms with E-state index in [-0.39, 0.29) is 0 Å². The monoisotopic (exact) mass is 400 g/mol. The molecule has 3 fully saturated rings. The molecule has 4 rings (SSSR count). The Labute approximate surface area is 162 Å². The molecule has 1 spiro atoms. The number of hydrogen-bond acceptors (Lipinski definition) is 5. The molecule has 9 heteroatoms. The largest absolute Gasteiger partial charge is 0.490 e. The van der Waals surface area contributed by atoms with Crippen LogP contribution in [0.4, 0.5) is 19.1 Å². The first-order valence-electron chi connectivity index (χ1n) is 9.82. The van der Waals surface area contributed by atoms with Crippen LogP contribution in [0.2, 0.25) is 0 Å². The van der Waals surface area contributed by atoms with Gasteiger partial charge in [0.25, 0.3) is 0 Å². The first-order chi connectivity index (χ1) is 13.3. The molecule has 0 bridgehead atoms. The van der Waals surface area contributed by atoms with Gasteiger partial charge >= 0.3 is 12.1 Å². The van der Waals surface area contributed by atoms with Crippen LogP contribution in [0.15, 0.2) is 18.5 Å². The molecule has 1 atom stereocenters. The Morgan fingerprint density at radius 3 is 2.39 bits per heavy atom. The normalized spacial score (nSPS) is 25.9. The Morgan fingerprint density at radius 2 is 1.82 bits per heavy atom. The molecule has 0 radical (unpaired) electrons. The Bertz CT molecular complexity index is 654. The van der Waals surface area contributed by atoms with Crippen molar-refractivity contribution in [2.24, 2.45) is 11.3 Å².